The Hall–Kier alpha value is -4.51. The van der Waals surface area contributed by atoms with Gasteiger partial charge in [0, 0.05) is 29.1 Å². The van der Waals surface area contributed by atoms with Gasteiger partial charge in [-0.25, -0.2) is 18.7 Å². The van der Waals surface area contributed by atoms with Crippen molar-refractivity contribution in [3.05, 3.63) is 87.6 Å². The number of rotatable bonds is 5. The smallest absolute Gasteiger partial charge is 0.261 e. The Morgan fingerprint density at radius 1 is 1.11 bits per heavy atom. The lowest BCUT2D eigenvalue weighted by Gasteiger charge is -2.18. The van der Waals surface area contributed by atoms with E-state index < -0.39 is 17.2 Å². The van der Waals surface area contributed by atoms with Gasteiger partial charge >= 0.3 is 0 Å². The van der Waals surface area contributed by atoms with Crippen LogP contribution in [0.25, 0.3) is 28.0 Å². The van der Waals surface area contributed by atoms with Gasteiger partial charge in [0.25, 0.3) is 5.56 Å². The summed E-state index contributed by atoms with van der Waals surface area (Å²) in [6.07, 6.45) is 2.54. The lowest BCUT2D eigenvalue weighted by atomic mass is 9.99. The monoisotopic (exact) mass is 503 g/mol. The van der Waals surface area contributed by atoms with Gasteiger partial charge in [0.2, 0.25) is 5.95 Å². The molecule has 5 aromatic rings. The summed E-state index contributed by atoms with van der Waals surface area (Å²) < 4.78 is 28.7. The number of hydrogen-bond acceptors (Lipinski definition) is 7. The molecule has 0 aliphatic rings. The fourth-order valence-electron chi connectivity index (χ4n) is 4.15. The lowest BCUT2D eigenvalue weighted by Crippen LogP contribution is -2.30. The fraction of sp³-hybridized carbons (Fsp3) is 0.192. The second-order valence-electron chi connectivity index (χ2n) is 9.19. The van der Waals surface area contributed by atoms with E-state index in [4.69, 9.17) is 0 Å². The average Bonchev–Trinajstić information content (AvgIpc) is 3.25. The Morgan fingerprint density at radius 3 is 2.62 bits per heavy atom. The zero-order chi connectivity index (χ0) is 26.5. The molecule has 0 fully saturated rings. The molecular formula is C26H23F2N7O2. The molecule has 3 N–H and O–H groups in total. The molecule has 0 atom stereocenters. The molecule has 0 saturated carbocycles. The highest BCUT2D eigenvalue weighted by molar-refractivity contribution is 5.94. The van der Waals surface area contributed by atoms with Crippen LogP contribution in [0.2, 0.25) is 0 Å². The molecule has 0 radical (unpaired) electrons. The summed E-state index contributed by atoms with van der Waals surface area (Å²) in [5.74, 6) is -1.82. The molecule has 5 rings (SSSR count). The minimum Gasteiger partial charge on any atom is -0.386 e. The summed E-state index contributed by atoms with van der Waals surface area (Å²) in [7, 11) is 0. The Balaban J connectivity index is 1.58. The molecule has 0 aliphatic heterocycles. The number of nitrogens with zero attached hydrogens (tertiary/aromatic N) is 5. The first kappa shape index (κ1) is 24.2. The molecule has 37 heavy (non-hydrogen) atoms. The minimum absolute atomic E-state index is 0.0570. The van der Waals surface area contributed by atoms with E-state index >= 15 is 0 Å². The largest absolute Gasteiger partial charge is 0.386 e. The molecule has 188 valence electrons. The third-order valence-corrected chi connectivity index (χ3v) is 6.01. The molecule has 0 spiro atoms. The Kier molecular flexibility index (Phi) is 5.79. The number of anilines is 2. The third-order valence-electron chi connectivity index (χ3n) is 6.01. The molecule has 0 amide bonds. The number of benzene rings is 1. The predicted molar refractivity (Wildman–Crippen MR) is 135 cm³/mol. The number of H-pyrrole nitrogens is 1. The van der Waals surface area contributed by atoms with Gasteiger partial charge in [0.1, 0.15) is 5.82 Å². The molecule has 4 aromatic heterocycles. The predicted octanol–water partition coefficient (Wildman–Crippen LogP) is 4.43. The van der Waals surface area contributed by atoms with Crippen molar-refractivity contribution >= 4 is 22.8 Å². The summed E-state index contributed by atoms with van der Waals surface area (Å²) in [5, 5.41) is 21.0. The van der Waals surface area contributed by atoms with Crippen molar-refractivity contribution in [2.24, 2.45) is 0 Å². The van der Waals surface area contributed by atoms with Crippen molar-refractivity contribution in [1.29, 1.82) is 0 Å². The molecule has 0 saturated heterocycles. The van der Waals surface area contributed by atoms with Crippen molar-refractivity contribution in [2.75, 3.05) is 5.32 Å². The van der Waals surface area contributed by atoms with Crippen LogP contribution in [0, 0.1) is 25.5 Å². The number of aliphatic hydroxyl groups is 1. The molecule has 9 nitrogen and oxygen atoms in total. The maximum atomic E-state index is 14.0. The van der Waals surface area contributed by atoms with Crippen LogP contribution in [-0.2, 0) is 5.60 Å². The fourth-order valence-corrected chi connectivity index (χ4v) is 4.15. The van der Waals surface area contributed by atoms with Crippen LogP contribution in [0.15, 0.2) is 53.6 Å². The highest BCUT2D eigenvalue weighted by Gasteiger charge is 2.22. The summed E-state index contributed by atoms with van der Waals surface area (Å²) in [5.41, 5.74) is 2.50. The molecule has 0 bridgehead atoms. The topological polar surface area (TPSA) is 122 Å². The Labute approximate surface area is 209 Å². The first-order valence-electron chi connectivity index (χ1n) is 11.4. The number of pyridine rings is 2. The Bertz CT molecular complexity index is 1720. The van der Waals surface area contributed by atoms with Crippen LogP contribution in [0.1, 0.15) is 30.7 Å². The van der Waals surface area contributed by atoms with Gasteiger partial charge in [-0.05, 0) is 57.5 Å². The van der Waals surface area contributed by atoms with Crippen molar-refractivity contribution in [2.45, 2.75) is 33.3 Å². The van der Waals surface area contributed by atoms with Crippen molar-refractivity contribution in [3.8, 4) is 16.9 Å². The maximum absolute atomic E-state index is 14.0. The van der Waals surface area contributed by atoms with E-state index in [9.17, 15) is 18.7 Å². The molecular weight excluding hydrogens is 480 g/mol. The van der Waals surface area contributed by atoms with Gasteiger partial charge in [0.15, 0.2) is 17.3 Å². The normalized spacial score (nSPS) is 11.8. The van der Waals surface area contributed by atoms with Crippen LogP contribution >= 0.6 is 0 Å². The van der Waals surface area contributed by atoms with Gasteiger partial charge in [-0.15, -0.1) is 0 Å². The first-order chi connectivity index (χ1) is 17.5. The van der Waals surface area contributed by atoms with E-state index in [2.05, 4.69) is 30.5 Å². The average molecular weight is 504 g/mol. The molecule has 0 unspecified atom stereocenters. The SMILES string of the molecule is Cc1ccc(-n2cccc(C(C)(C)O)c2=O)cc1-c1[nH]nc2nc(Nc3ncc(F)cc3F)nc(C)c12. The van der Waals surface area contributed by atoms with E-state index in [1.54, 1.807) is 39.1 Å². The van der Waals surface area contributed by atoms with E-state index in [0.29, 0.717) is 34.2 Å². The number of nitrogens with one attached hydrogen (secondary N) is 2. The van der Waals surface area contributed by atoms with E-state index in [1.165, 1.54) is 4.57 Å². The van der Waals surface area contributed by atoms with E-state index in [1.807, 2.05) is 25.1 Å². The van der Waals surface area contributed by atoms with Crippen LogP contribution in [0.5, 0.6) is 0 Å². The summed E-state index contributed by atoms with van der Waals surface area (Å²) in [4.78, 5) is 25.6. The minimum atomic E-state index is -1.29. The first-order valence-corrected chi connectivity index (χ1v) is 11.4. The number of hydrogen-bond donors (Lipinski definition) is 3. The van der Waals surface area contributed by atoms with Crippen LogP contribution in [0.4, 0.5) is 20.5 Å². The van der Waals surface area contributed by atoms with Crippen molar-refractivity contribution in [3.63, 3.8) is 0 Å². The molecule has 0 aliphatic carbocycles. The van der Waals surface area contributed by atoms with Gasteiger partial charge in [-0.2, -0.15) is 10.1 Å². The van der Waals surface area contributed by atoms with Crippen molar-refractivity contribution < 1.29 is 13.9 Å². The zero-order valence-corrected chi connectivity index (χ0v) is 20.5. The van der Waals surface area contributed by atoms with Gasteiger partial charge in [-0.1, -0.05) is 6.07 Å². The third kappa shape index (κ3) is 4.45. The maximum Gasteiger partial charge on any atom is 0.261 e. The lowest BCUT2D eigenvalue weighted by molar-refractivity contribution is 0.0768. The van der Waals surface area contributed by atoms with Crippen LogP contribution < -0.4 is 10.9 Å². The standard InChI is InChI=1S/C26H23F2N7O2/c1-13-7-8-16(35-9-5-6-18(24(35)36)26(3,4)37)11-17(13)21-20-14(2)30-25(32-23(20)34-33-21)31-22-19(28)10-15(27)12-29-22/h5-12,37H,1-4H3,(H2,29,30,31,32,33,34). The van der Waals surface area contributed by atoms with Crippen LogP contribution in [0.3, 0.4) is 0 Å². The number of halogens is 2. The van der Waals surface area contributed by atoms with E-state index in [-0.39, 0.29) is 22.9 Å². The second kappa shape index (κ2) is 8.86. The highest BCUT2D eigenvalue weighted by Crippen LogP contribution is 2.32. The van der Waals surface area contributed by atoms with Gasteiger partial charge in [0.05, 0.1) is 28.6 Å². The second-order valence-corrected chi connectivity index (χ2v) is 9.19. The van der Waals surface area contributed by atoms with Gasteiger partial charge in [-0.3, -0.25) is 14.5 Å². The summed E-state index contributed by atoms with van der Waals surface area (Å²) >= 11 is 0. The molecule has 4 heterocycles. The molecule has 1 aromatic carbocycles. The Morgan fingerprint density at radius 2 is 1.89 bits per heavy atom. The van der Waals surface area contributed by atoms with Gasteiger partial charge < -0.3 is 10.4 Å². The van der Waals surface area contributed by atoms with Crippen molar-refractivity contribution in [1.82, 2.24) is 29.7 Å². The number of aromatic nitrogens is 6. The highest BCUT2D eigenvalue weighted by atomic mass is 19.1. The van der Waals surface area contributed by atoms with E-state index in [0.717, 1.165) is 17.3 Å². The van der Waals surface area contributed by atoms with Crippen LogP contribution in [-0.4, -0.2) is 34.8 Å². The summed E-state index contributed by atoms with van der Waals surface area (Å²) in [6, 6.07) is 9.59. The number of aromatic amines is 1. The summed E-state index contributed by atoms with van der Waals surface area (Å²) in [6.45, 7) is 6.83. The number of aryl methyl sites for hydroxylation is 2. The quantitative estimate of drug-likeness (QED) is 0.324. The molecule has 11 heteroatoms. The number of fused-ring (bicyclic) bond motifs is 1. The zero-order valence-electron chi connectivity index (χ0n) is 20.5.